The molecular weight excluding hydrogens is 476 g/mol. The minimum atomic E-state index is -5.15. The second kappa shape index (κ2) is 8.95. The molecule has 1 saturated heterocycles. The number of piperazine rings is 1. The standard InChI is InChI=1S/C20H19F6N3O3S/c21-19(22,23)15-9-16(20(24,25)26)11-17(10-15)33(31,32)29-6-4-28(5-7-29)12-13-2-1-3-14(8-13)18(27)30/h1-3,8-11H,4-7,12H2,(H2,27,30). The lowest BCUT2D eigenvalue weighted by Crippen LogP contribution is -2.48. The Kier molecular flexibility index (Phi) is 6.78. The fourth-order valence-electron chi connectivity index (χ4n) is 3.43. The van der Waals surface area contributed by atoms with Gasteiger partial charge in [0.05, 0.1) is 16.0 Å². The SMILES string of the molecule is NC(=O)c1cccc(CN2CCN(S(=O)(=O)c3cc(C(F)(F)F)cc(C(F)(F)F)c3)CC2)c1. The summed E-state index contributed by atoms with van der Waals surface area (Å²) in [6, 6.07) is 6.84. The molecular formula is C20H19F6N3O3S. The van der Waals surface area contributed by atoms with Crippen LogP contribution in [-0.2, 0) is 28.9 Å². The van der Waals surface area contributed by atoms with Crippen LogP contribution in [0.4, 0.5) is 26.3 Å². The Morgan fingerprint density at radius 2 is 1.42 bits per heavy atom. The van der Waals surface area contributed by atoms with E-state index in [-0.39, 0.29) is 44.4 Å². The van der Waals surface area contributed by atoms with Crippen molar-refractivity contribution in [3.63, 3.8) is 0 Å². The van der Waals surface area contributed by atoms with Crippen LogP contribution in [0.3, 0.4) is 0 Å². The lowest BCUT2D eigenvalue weighted by Gasteiger charge is -2.34. The van der Waals surface area contributed by atoms with Gasteiger partial charge in [-0.15, -0.1) is 0 Å². The first-order chi connectivity index (χ1) is 15.2. The number of sulfonamides is 1. The first kappa shape index (κ1) is 25.0. The summed E-state index contributed by atoms with van der Waals surface area (Å²) in [6.07, 6.45) is -10.3. The number of hydrogen-bond acceptors (Lipinski definition) is 4. The fraction of sp³-hybridized carbons (Fsp3) is 0.350. The van der Waals surface area contributed by atoms with Gasteiger partial charge in [0, 0.05) is 38.3 Å². The third kappa shape index (κ3) is 5.84. The quantitative estimate of drug-likeness (QED) is 0.646. The summed E-state index contributed by atoms with van der Waals surface area (Å²) in [4.78, 5) is 12.1. The number of rotatable bonds is 5. The van der Waals surface area contributed by atoms with Gasteiger partial charge in [0.15, 0.2) is 0 Å². The highest BCUT2D eigenvalue weighted by atomic mass is 32.2. The highest BCUT2D eigenvalue weighted by molar-refractivity contribution is 7.89. The number of nitrogens with two attached hydrogens (primary N) is 1. The Bertz CT molecular complexity index is 1110. The van der Waals surface area contributed by atoms with Gasteiger partial charge in [0.25, 0.3) is 0 Å². The summed E-state index contributed by atoms with van der Waals surface area (Å²) in [6.45, 7) is 0.470. The van der Waals surface area contributed by atoms with Crippen LogP contribution < -0.4 is 5.73 Å². The molecule has 6 nitrogen and oxygen atoms in total. The summed E-state index contributed by atoms with van der Waals surface area (Å²) in [5.41, 5.74) is 2.91. The molecule has 2 aromatic carbocycles. The first-order valence-corrected chi connectivity index (χ1v) is 11.0. The zero-order chi connectivity index (χ0) is 24.6. The topological polar surface area (TPSA) is 83.7 Å². The summed E-state index contributed by atoms with van der Waals surface area (Å²) in [5.74, 6) is -0.605. The second-order valence-corrected chi connectivity index (χ2v) is 9.42. The van der Waals surface area contributed by atoms with E-state index in [2.05, 4.69) is 0 Å². The highest BCUT2D eigenvalue weighted by Gasteiger charge is 2.39. The normalized spacial score (nSPS) is 16.7. The maximum absolute atomic E-state index is 13.1. The van der Waals surface area contributed by atoms with E-state index in [1.807, 2.05) is 4.90 Å². The minimum absolute atomic E-state index is 0.114. The predicted molar refractivity (Wildman–Crippen MR) is 105 cm³/mol. The van der Waals surface area contributed by atoms with Crippen molar-refractivity contribution in [2.24, 2.45) is 5.73 Å². The molecule has 3 rings (SSSR count). The third-order valence-electron chi connectivity index (χ3n) is 5.15. The number of nitrogens with zero attached hydrogens (tertiary/aromatic N) is 2. The Balaban J connectivity index is 1.78. The van der Waals surface area contributed by atoms with E-state index in [0.29, 0.717) is 12.1 Å². The molecule has 1 heterocycles. The van der Waals surface area contributed by atoms with Gasteiger partial charge in [-0.25, -0.2) is 8.42 Å². The molecule has 0 saturated carbocycles. The molecule has 2 N–H and O–H groups in total. The number of hydrogen-bond donors (Lipinski definition) is 1. The van der Waals surface area contributed by atoms with Gasteiger partial charge >= 0.3 is 12.4 Å². The molecule has 0 aromatic heterocycles. The van der Waals surface area contributed by atoms with Crippen LogP contribution in [0.15, 0.2) is 47.4 Å². The van der Waals surface area contributed by atoms with Crippen LogP contribution in [0.25, 0.3) is 0 Å². The molecule has 1 fully saturated rings. The van der Waals surface area contributed by atoms with E-state index in [1.54, 1.807) is 24.3 Å². The van der Waals surface area contributed by atoms with E-state index < -0.39 is 44.3 Å². The Labute approximate surface area is 185 Å². The fourth-order valence-corrected chi connectivity index (χ4v) is 4.93. The Hall–Kier alpha value is -2.64. The number of carbonyl (C=O) groups excluding carboxylic acids is 1. The van der Waals surface area contributed by atoms with Gasteiger partial charge < -0.3 is 5.73 Å². The van der Waals surface area contributed by atoms with Gasteiger partial charge in [-0.1, -0.05) is 12.1 Å². The third-order valence-corrected chi connectivity index (χ3v) is 7.02. The Morgan fingerprint density at radius 3 is 1.91 bits per heavy atom. The van der Waals surface area contributed by atoms with Gasteiger partial charge in [-0.05, 0) is 35.9 Å². The molecule has 33 heavy (non-hydrogen) atoms. The van der Waals surface area contributed by atoms with E-state index >= 15 is 0 Å². The number of primary amides is 1. The maximum atomic E-state index is 13.1. The molecule has 0 spiro atoms. The molecule has 0 unspecified atom stereocenters. The summed E-state index contributed by atoms with van der Waals surface area (Å²) in [7, 11) is -4.60. The molecule has 180 valence electrons. The van der Waals surface area contributed by atoms with Crippen molar-refractivity contribution < 1.29 is 39.6 Å². The predicted octanol–water partition coefficient (Wildman–Crippen LogP) is 3.33. The van der Waals surface area contributed by atoms with Crippen molar-refractivity contribution >= 4 is 15.9 Å². The summed E-state index contributed by atoms with van der Waals surface area (Å²) >= 11 is 0. The van der Waals surface area contributed by atoms with Gasteiger partial charge in [0.1, 0.15) is 0 Å². The number of amides is 1. The molecule has 1 aliphatic heterocycles. The zero-order valence-corrected chi connectivity index (χ0v) is 17.8. The van der Waals surface area contributed by atoms with Crippen LogP contribution >= 0.6 is 0 Å². The van der Waals surface area contributed by atoms with E-state index in [4.69, 9.17) is 5.73 Å². The summed E-state index contributed by atoms with van der Waals surface area (Å²) in [5, 5.41) is 0. The van der Waals surface area contributed by atoms with Crippen molar-refractivity contribution in [1.82, 2.24) is 9.21 Å². The molecule has 1 amide bonds. The van der Waals surface area contributed by atoms with Crippen LogP contribution in [0.2, 0.25) is 0 Å². The average Bonchev–Trinajstić information content (AvgIpc) is 2.73. The molecule has 0 bridgehead atoms. The van der Waals surface area contributed by atoms with E-state index in [9.17, 15) is 39.6 Å². The van der Waals surface area contributed by atoms with Crippen LogP contribution in [0, 0.1) is 0 Å². The van der Waals surface area contributed by atoms with Gasteiger partial charge in [-0.2, -0.15) is 30.6 Å². The molecule has 0 aliphatic carbocycles. The summed E-state index contributed by atoms with van der Waals surface area (Å²) < 4.78 is 105. The smallest absolute Gasteiger partial charge is 0.366 e. The Morgan fingerprint density at radius 1 is 0.879 bits per heavy atom. The van der Waals surface area contributed by atoms with E-state index in [1.165, 1.54) is 0 Å². The van der Waals surface area contributed by atoms with Crippen molar-refractivity contribution in [1.29, 1.82) is 0 Å². The number of halogens is 6. The second-order valence-electron chi connectivity index (χ2n) is 7.49. The van der Waals surface area contributed by atoms with E-state index in [0.717, 1.165) is 9.87 Å². The number of benzene rings is 2. The van der Waals surface area contributed by atoms with Crippen molar-refractivity contribution in [2.75, 3.05) is 26.2 Å². The molecule has 0 radical (unpaired) electrons. The molecule has 0 atom stereocenters. The van der Waals surface area contributed by atoms with Crippen molar-refractivity contribution in [2.45, 2.75) is 23.8 Å². The van der Waals surface area contributed by atoms with Gasteiger partial charge in [-0.3, -0.25) is 9.69 Å². The maximum Gasteiger partial charge on any atom is 0.416 e. The van der Waals surface area contributed by atoms with Gasteiger partial charge in [0.2, 0.25) is 15.9 Å². The first-order valence-electron chi connectivity index (χ1n) is 9.58. The highest BCUT2D eigenvalue weighted by Crippen LogP contribution is 2.37. The average molecular weight is 495 g/mol. The molecule has 13 heteroatoms. The molecule has 2 aromatic rings. The van der Waals surface area contributed by atoms with Crippen LogP contribution in [0.1, 0.15) is 27.0 Å². The van der Waals surface area contributed by atoms with Crippen LogP contribution in [-0.4, -0.2) is 49.7 Å². The number of alkyl halides is 6. The largest absolute Gasteiger partial charge is 0.416 e. The minimum Gasteiger partial charge on any atom is -0.366 e. The lowest BCUT2D eigenvalue weighted by atomic mass is 10.1. The monoisotopic (exact) mass is 495 g/mol. The number of carbonyl (C=O) groups is 1. The van der Waals surface area contributed by atoms with Crippen molar-refractivity contribution in [3.8, 4) is 0 Å². The zero-order valence-electron chi connectivity index (χ0n) is 16.9. The van der Waals surface area contributed by atoms with Crippen LogP contribution in [0.5, 0.6) is 0 Å². The lowest BCUT2D eigenvalue weighted by molar-refractivity contribution is -0.143. The molecule has 1 aliphatic rings. The van der Waals surface area contributed by atoms with Crippen molar-refractivity contribution in [3.05, 3.63) is 64.7 Å².